The highest BCUT2D eigenvalue weighted by molar-refractivity contribution is 5.79. The standard InChI is InChI=1S/C23H32N6O2/c1-3-28-10-12-29(13-11-28)22-15-19(7-8-25-22)16-27-23(24-2)26-9-6-18-4-5-20-21(14-18)31-17-30-20/h4-5,7-8,14-15H,3,6,9-13,16-17H2,1-2H3,(H2,24,26,27). The maximum absolute atomic E-state index is 5.45. The summed E-state index contributed by atoms with van der Waals surface area (Å²) in [5.74, 6) is 3.49. The fourth-order valence-electron chi connectivity index (χ4n) is 3.86. The first-order chi connectivity index (χ1) is 15.2. The number of likely N-dealkylation sites (N-methyl/N-ethyl adjacent to an activating group) is 1. The van der Waals surface area contributed by atoms with Crippen molar-refractivity contribution in [2.24, 2.45) is 4.99 Å². The number of guanidine groups is 1. The molecule has 31 heavy (non-hydrogen) atoms. The Labute approximate surface area is 184 Å². The third-order valence-electron chi connectivity index (χ3n) is 5.78. The van der Waals surface area contributed by atoms with E-state index < -0.39 is 0 Å². The molecule has 0 saturated carbocycles. The van der Waals surface area contributed by atoms with Crippen LogP contribution in [0, 0.1) is 0 Å². The predicted octanol–water partition coefficient (Wildman–Crippen LogP) is 1.86. The molecule has 0 aliphatic carbocycles. The maximum Gasteiger partial charge on any atom is 0.231 e. The van der Waals surface area contributed by atoms with E-state index in [9.17, 15) is 0 Å². The van der Waals surface area contributed by atoms with E-state index in [-0.39, 0.29) is 0 Å². The molecule has 0 radical (unpaired) electrons. The fourth-order valence-corrected chi connectivity index (χ4v) is 3.86. The molecule has 2 aliphatic heterocycles. The lowest BCUT2D eigenvalue weighted by Gasteiger charge is -2.34. The summed E-state index contributed by atoms with van der Waals surface area (Å²) in [5.41, 5.74) is 2.40. The number of anilines is 1. The minimum atomic E-state index is 0.305. The Hall–Kier alpha value is -3.00. The van der Waals surface area contributed by atoms with Gasteiger partial charge in [-0.3, -0.25) is 4.99 Å². The highest BCUT2D eigenvalue weighted by Crippen LogP contribution is 2.32. The zero-order valence-corrected chi connectivity index (χ0v) is 18.4. The van der Waals surface area contributed by atoms with Crippen LogP contribution in [0.2, 0.25) is 0 Å². The number of nitrogens with one attached hydrogen (secondary N) is 2. The summed E-state index contributed by atoms with van der Waals surface area (Å²) in [6.07, 6.45) is 2.77. The van der Waals surface area contributed by atoms with Crippen LogP contribution in [0.25, 0.3) is 0 Å². The molecule has 0 unspecified atom stereocenters. The van der Waals surface area contributed by atoms with Crippen LogP contribution in [0.15, 0.2) is 41.5 Å². The fraction of sp³-hybridized carbons (Fsp3) is 0.478. The van der Waals surface area contributed by atoms with E-state index in [1.54, 1.807) is 7.05 Å². The maximum atomic E-state index is 5.45. The molecule has 1 aromatic heterocycles. The zero-order valence-electron chi connectivity index (χ0n) is 18.4. The van der Waals surface area contributed by atoms with Crippen molar-refractivity contribution in [2.75, 3.05) is 58.0 Å². The van der Waals surface area contributed by atoms with Crippen molar-refractivity contribution in [3.05, 3.63) is 47.7 Å². The van der Waals surface area contributed by atoms with Gasteiger partial charge in [0.2, 0.25) is 6.79 Å². The topological polar surface area (TPSA) is 74.2 Å². The summed E-state index contributed by atoms with van der Waals surface area (Å²) < 4.78 is 10.8. The number of fused-ring (bicyclic) bond motifs is 1. The van der Waals surface area contributed by atoms with E-state index in [1.165, 1.54) is 11.1 Å². The van der Waals surface area contributed by atoms with Crippen LogP contribution >= 0.6 is 0 Å². The van der Waals surface area contributed by atoms with Gasteiger partial charge in [-0.2, -0.15) is 0 Å². The minimum Gasteiger partial charge on any atom is -0.454 e. The van der Waals surface area contributed by atoms with E-state index in [0.29, 0.717) is 13.3 Å². The van der Waals surface area contributed by atoms with E-state index in [2.05, 4.69) is 55.5 Å². The Kier molecular flexibility index (Phi) is 7.09. The number of hydrogen-bond acceptors (Lipinski definition) is 6. The van der Waals surface area contributed by atoms with E-state index in [0.717, 1.165) is 69.0 Å². The van der Waals surface area contributed by atoms with Crippen LogP contribution in [0.3, 0.4) is 0 Å². The molecule has 1 saturated heterocycles. The number of ether oxygens (including phenoxy) is 2. The zero-order chi connectivity index (χ0) is 21.5. The van der Waals surface area contributed by atoms with Crippen molar-refractivity contribution in [3.8, 4) is 11.5 Å². The Morgan fingerprint density at radius 1 is 1.03 bits per heavy atom. The van der Waals surface area contributed by atoms with Crippen molar-refractivity contribution in [1.82, 2.24) is 20.5 Å². The van der Waals surface area contributed by atoms with Gasteiger partial charge in [0.15, 0.2) is 17.5 Å². The first-order valence-electron chi connectivity index (χ1n) is 11.0. The highest BCUT2D eigenvalue weighted by atomic mass is 16.7. The van der Waals surface area contributed by atoms with Gasteiger partial charge in [-0.05, 0) is 48.4 Å². The van der Waals surface area contributed by atoms with Crippen LogP contribution in [0.4, 0.5) is 5.82 Å². The quantitative estimate of drug-likeness (QED) is 0.519. The van der Waals surface area contributed by atoms with Crippen LogP contribution in [-0.4, -0.2) is 69.0 Å². The molecular formula is C23H32N6O2. The molecule has 0 amide bonds. The van der Waals surface area contributed by atoms with Gasteiger partial charge >= 0.3 is 0 Å². The van der Waals surface area contributed by atoms with Crippen LogP contribution in [0.5, 0.6) is 11.5 Å². The summed E-state index contributed by atoms with van der Waals surface area (Å²) in [6, 6.07) is 10.3. The van der Waals surface area contributed by atoms with Crippen molar-refractivity contribution in [2.45, 2.75) is 19.9 Å². The van der Waals surface area contributed by atoms with Crippen molar-refractivity contribution in [3.63, 3.8) is 0 Å². The molecular weight excluding hydrogens is 392 g/mol. The average molecular weight is 425 g/mol. The van der Waals surface area contributed by atoms with Gasteiger partial charge in [0.25, 0.3) is 0 Å². The molecule has 3 heterocycles. The van der Waals surface area contributed by atoms with Gasteiger partial charge in [0.1, 0.15) is 5.82 Å². The third kappa shape index (κ3) is 5.58. The van der Waals surface area contributed by atoms with Gasteiger partial charge < -0.3 is 29.9 Å². The second-order valence-corrected chi connectivity index (χ2v) is 7.73. The summed E-state index contributed by atoms with van der Waals surface area (Å²) in [6.45, 7) is 9.38. The number of aromatic nitrogens is 1. The molecule has 2 aromatic rings. The first-order valence-corrected chi connectivity index (χ1v) is 11.0. The Balaban J connectivity index is 1.24. The molecule has 8 heteroatoms. The minimum absolute atomic E-state index is 0.305. The second-order valence-electron chi connectivity index (χ2n) is 7.73. The van der Waals surface area contributed by atoms with Crippen LogP contribution < -0.4 is 25.0 Å². The molecule has 1 aromatic carbocycles. The van der Waals surface area contributed by atoms with Crippen LogP contribution in [-0.2, 0) is 13.0 Å². The van der Waals surface area contributed by atoms with Crippen LogP contribution in [0.1, 0.15) is 18.1 Å². The van der Waals surface area contributed by atoms with E-state index in [4.69, 9.17) is 9.47 Å². The molecule has 2 N–H and O–H groups in total. The van der Waals surface area contributed by atoms with Gasteiger partial charge in [0.05, 0.1) is 0 Å². The highest BCUT2D eigenvalue weighted by Gasteiger charge is 2.17. The molecule has 0 atom stereocenters. The van der Waals surface area contributed by atoms with E-state index >= 15 is 0 Å². The van der Waals surface area contributed by atoms with Gasteiger partial charge in [0, 0.05) is 52.5 Å². The van der Waals surface area contributed by atoms with Gasteiger partial charge in [-0.25, -0.2) is 4.98 Å². The van der Waals surface area contributed by atoms with Crippen molar-refractivity contribution < 1.29 is 9.47 Å². The Morgan fingerprint density at radius 2 is 1.87 bits per heavy atom. The smallest absolute Gasteiger partial charge is 0.231 e. The Morgan fingerprint density at radius 3 is 2.68 bits per heavy atom. The largest absolute Gasteiger partial charge is 0.454 e. The summed E-state index contributed by atoms with van der Waals surface area (Å²) in [7, 11) is 1.79. The molecule has 8 nitrogen and oxygen atoms in total. The molecule has 166 valence electrons. The van der Waals surface area contributed by atoms with Gasteiger partial charge in [-0.1, -0.05) is 13.0 Å². The number of hydrogen-bond donors (Lipinski definition) is 2. The number of rotatable bonds is 7. The lowest BCUT2D eigenvalue weighted by molar-refractivity contribution is 0.174. The number of pyridine rings is 1. The monoisotopic (exact) mass is 424 g/mol. The number of nitrogens with zero attached hydrogens (tertiary/aromatic N) is 4. The molecule has 0 bridgehead atoms. The van der Waals surface area contributed by atoms with Gasteiger partial charge in [-0.15, -0.1) is 0 Å². The number of piperazine rings is 1. The molecule has 0 spiro atoms. The SMILES string of the molecule is CCN1CCN(c2cc(CNC(=NC)NCCc3ccc4c(c3)OCO4)ccn2)CC1. The van der Waals surface area contributed by atoms with Crippen molar-refractivity contribution in [1.29, 1.82) is 0 Å². The molecule has 2 aliphatic rings. The Bertz CT molecular complexity index is 895. The van der Waals surface area contributed by atoms with Crippen molar-refractivity contribution >= 4 is 11.8 Å². The summed E-state index contributed by atoms with van der Waals surface area (Å²) >= 11 is 0. The molecule has 1 fully saturated rings. The molecule has 4 rings (SSSR count). The number of aliphatic imine (C=N–C) groups is 1. The predicted molar refractivity (Wildman–Crippen MR) is 123 cm³/mol. The second kappa shape index (κ2) is 10.3. The van der Waals surface area contributed by atoms with E-state index in [1.807, 2.05) is 18.3 Å². The average Bonchev–Trinajstić information content (AvgIpc) is 3.29. The summed E-state index contributed by atoms with van der Waals surface area (Å²) in [4.78, 5) is 13.8. The summed E-state index contributed by atoms with van der Waals surface area (Å²) in [5, 5.41) is 6.78. The third-order valence-corrected chi connectivity index (χ3v) is 5.78. The lowest BCUT2D eigenvalue weighted by Crippen LogP contribution is -2.46. The first kappa shape index (κ1) is 21.2. The lowest BCUT2D eigenvalue weighted by atomic mass is 10.1. The number of benzene rings is 1. The normalized spacial score (nSPS) is 16.5.